The van der Waals surface area contributed by atoms with Gasteiger partial charge < -0.3 is 14.6 Å². The van der Waals surface area contributed by atoms with Crippen molar-refractivity contribution in [3.05, 3.63) is 24.1 Å². The Hall–Kier alpha value is -1.55. The number of benzene rings is 1. The van der Waals surface area contributed by atoms with Gasteiger partial charge in [0.1, 0.15) is 5.52 Å². The van der Waals surface area contributed by atoms with Crippen molar-refractivity contribution >= 4 is 16.8 Å². The first kappa shape index (κ1) is 10.4. The summed E-state index contributed by atoms with van der Waals surface area (Å²) in [5.41, 5.74) is 3.21. The van der Waals surface area contributed by atoms with Crippen molar-refractivity contribution in [2.75, 3.05) is 31.1 Å². The first-order valence-electron chi connectivity index (χ1n) is 6.77. The molecular formula is C14H17N3O. The molecule has 0 amide bonds. The zero-order chi connectivity index (χ0) is 11.9. The maximum Gasteiger partial charge on any atom is 0.198 e. The van der Waals surface area contributed by atoms with E-state index in [4.69, 9.17) is 9.40 Å². The van der Waals surface area contributed by atoms with Gasteiger partial charge in [0.25, 0.3) is 0 Å². The predicted octanol–water partition coefficient (Wildman–Crippen LogP) is 2.11. The Morgan fingerprint density at radius 1 is 1.22 bits per heavy atom. The molecule has 2 fully saturated rings. The van der Waals surface area contributed by atoms with E-state index in [9.17, 15) is 0 Å². The van der Waals surface area contributed by atoms with E-state index in [2.05, 4.69) is 22.3 Å². The van der Waals surface area contributed by atoms with E-state index in [0.29, 0.717) is 5.92 Å². The Bertz CT molecular complexity index is 567. The maximum absolute atomic E-state index is 5.87. The van der Waals surface area contributed by atoms with Crippen molar-refractivity contribution in [2.45, 2.75) is 18.8 Å². The molecule has 2 aliphatic rings. The fraction of sp³-hybridized carbons (Fsp3) is 0.500. The normalized spacial score (nSPS) is 20.6. The number of para-hydroxylation sites is 1. The van der Waals surface area contributed by atoms with Crippen LogP contribution in [0.4, 0.5) is 5.69 Å². The zero-order valence-electron chi connectivity index (χ0n) is 10.4. The number of rotatable bonds is 2. The monoisotopic (exact) mass is 243 g/mol. The molecule has 2 aromatic rings. The second-order valence-corrected chi connectivity index (χ2v) is 5.19. The van der Waals surface area contributed by atoms with Gasteiger partial charge in [-0.25, -0.2) is 4.98 Å². The maximum atomic E-state index is 5.87. The molecule has 0 radical (unpaired) electrons. The van der Waals surface area contributed by atoms with Crippen LogP contribution < -0.4 is 10.2 Å². The molecule has 18 heavy (non-hydrogen) atoms. The van der Waals surface area contributed by atoms with Gasteiger partial charge in [0.15, 0.2) is 11.5 Å². The molecule has 1 aliphatic carbocycles. The highest BCUT2D eigenvalue weighted by Crippen LogP contribution is 2.41. The lowest BCUT2D eigenvalue weighted by Crippen LogP contribution is -2.43. The molecule has 0 spiro atoms. The zero-order valence-corrected chi connectivity index (χ0v) is 10.4. The molecule has 0 bridgehead atoms. The number of anilines is 1. The number of oxazole rings is 1. The predicted molar refractivity (Wildman–Crippen MR) is 71.1 cm³/mol. The number of nitrogens with one attached hydrogen (secondary N) is 1. The topological polar surface area (TPSA) is 41.3 Å². The molecule has 1 aromatic heterocycles. The van der Waals surface area contributed by atoms with E-state index in [0.717, 1.165) is 43.2 Å². The number of aromatic nitrogens is 1. The molecular weight excluding hydrogens is 226 g/mol. The van der Waals surface area contributed by atoms with Crippen LogP contribution >= 0.6 is 0 Å². The van der Waals surface area contributed by atoms with E-state index < -0.39 is 0 Å². The summed E-state index contributed by atoms with van der Waals surface area (Å²) in [5, 5.41) is 3.38. The molecule has 1 aliphatic heterocycles. The van der Waals surface area contributed by atoms with Crippen LogP contribution in [0.3, 0.4) is 0 Å². The van der Waals surface area contributed by atoms with E-state index in [1.165, 1.54) is 18.5 Å². The average Bonchev–Trinajstić information content (AvgIpc) is 3.18. The SMILES string of the molecule is c1cc(N2CCNCC2)c2nc(C3CC3)oc2c1. The second-order valence-electron chi connectivity index (χ2n) is 5.19. The lowest BCUT2D eigenvalue weighted by molar-refractivity contribution is 0.533. The van der Waals surface area contributed by atoms with Gasteiger partial charge in [-0.1, -0.05) is 6.07 Å². The van der Waals surface area contributed by atoms with Gasteiger partial charge in [-0.05, 0) is 25.0 Å². The summed E-state index contributed by atoms with van der Waals surface area (Å²) in [6, 6.07) is 6.26. The van der Waals surface area contributed by atoms with Crippen LogP contribution in [0, 0.1) is 0 Å². The summed E-state index contributed by atoms with van der Waals surface area (Å²) in [7, 11) is 0. The number of piperazine rings is 1. The Kier molecular flexibility index (Phi) is 2.30. The van der Waals surface area contributed by atoms with Gasteiger partial charge in [-0.3, -0.25) is 0 Å². The minimum atomic E-state index is 0.577. The third-order valence-corrected chi connectivity index (χ3v) is 3.80. The van der Waals surface area contributed by atoms with E-state index in [1.54, 1.807) is 0 Å². The molecule has 0 unspecified atom stereocenters. The highest BCUT2D eigenvalue weighted by atomic mass is 16.3. The molecule has 4 rings (SSSR count). The van der Waals surface area contributed by atoms with Crippen molar-refractivity contribution in [1.82, 2.24) is 10.3 Å². The standard InChI is InChI=1S/C14H17N3O/c1-2-11(17-8-6-15-7-9-17)13-12(3-1)18-14(16-13)10-4-5-10/h1-3,10,15H,4-9H2. The van der Waals surface area contributed by atoms with Crippen LogP contribution in [0.5, 0.6) is 0 Å². The molecule has 1 N–H and O–H groups in total. The molecule has 1 aromatic carbocycles. The van der Waals surface area contributed by atoms with E-state index in [1.807, 2.05) is 6.07 Å². The molecule has 1 saturated heterocycles. The smallest absolute Gasteiger partial charge is 0.198 e. The van der Waals surface area contributed by atoms with Crippen molar-refractivity contribution in [2.24, 2.45) is 0 Å². The van der Waals surface area contributed by atoms with Crippen molar-refractivity contribution in [3.8, 4) is 0 Å². The third kappa shape index (κ3) is 1.68. The van der Waals surface area contributed by atoms with Gasteiger partial charge in [-0.15, -0.1) is 0 Å². The fourth-order valence-corrected chi connectivity index (χ4v) is 2.62. The Balaban J connectivity index is 1.78. The van der Waals surface area contributed by atoms with Gasteiger partial charge in [0, 0.05) is 32.1 Å². The summed E-state index contributed by atoms with van der Waals surface area (Å²) < 4.78 is 5.87. The summed E-state index contributed by atoms with van der Waals surface area (Å²) in [6.07, 6.45) is 2.46. The lowest BCUT2D eigenvalue weighted by Gasteiger charge is -2.29. The molecule has 4 nitrogen and oxygen atoms in total. The van der Waals surface area contributed by atoms with Crippen LogP contribution in [-0.2, 0) is 0 Å². The molecule has 2 heterocycles. The summed E-state index contributed by atoms with van der Waals surface area (Å²) in [5.74, 6) is 1.51. The average molecular weight is 243 g/mol. The highest BCUT2D eigenvalue weighted by molar-refractivity contribution is 5.87. The van der Waals surface area contributed by atoms with Crippen molar-refractivity contribution in [1.29, 1.82) is 0 Å². The Morgan fingerprint density at radius 3 is 2.83 bits per heavy atom. The third-order valence-electron chi connectivity index (χ3n) is 3.80. The Labute approximate surface area is 106 Å². The van der Waals surface area contributed by atoms with Crippen LogP contribution in [0.2, 0.25) is 0 Å². The molecule has 0 atom stereocenters. The number of hydrogen-bond acceptors (Lipinski definition) is 4. The van der Waals surface area contributed by atoms with E-state index in [-0.39, 0.29) is 0 Å². The van der Waals surface area contributed by atoms with Gasteiger partial charge in [-0.2, -0.15) is 0 Å². The lowest BCUT2D eigenvalue weighted by atomic mass is 10.2. The van der Waals surface area contributed by atoms with Gasteiger partial charge >= 0.3 is 0 Å². The van der Waals surface area contributed by atoms with Crippen LogP contribution in [0.25, 0.3) is 11.1 Å². The number of hydrogen-bond donors (Lipinski definition) is 1. The van der Waals surface area contributed by atoms with E-state index >= 15 is 0 Å². The second kappa shape index (κ2) is 3.99. The summed E-state index contributed by atoms with van der Waals surface area (Å²) in [6.45, 7) is 4.18. The molecule has 1 saturated carbocycles. The quantitative estimate of drug-likeness (QED) is 0.877. The summed E-state index contributed by atoms with van der Waals surface area (Å²) in [4.78, 5) is 7.12. The highest BCUT2D eigenvalue weighted by Gasteiger charge is 2.29. The Morgan fingerprint density at radius 2 is 2.06 bits per heavy atom. The minimum absolute atomic E-state index is 0.577. The summed E-state index contributed by atoms with van der Waals surface area (Å²) >= 11 is 0. The fourth-order valence-electron chi connectivity index (χ4n) is 2.62. The largest absolute Gasteiger partial charge is 0.440 e. The molecule has 4 heteroatoms. The van der Waals surface area contributed by atoms with Crippen molar-refractivity contribution in [3.63, 3.8) is 0 Å². The number of nitrogens with zero attached hydrogens (tertiary/aromatic N) is 2. The number of fused-ring (bicyclic) bond motifs is 1. The first-order chi connectivity index (χ1) is 8.92. The van der Waals surface area contributed by atoms with Crippen LogP contribution in [0.1, 0.15) is 24.7 Å². The molecule has 94 valence electrons. The van der Waals surface area contributed by atoms with Crippen LogP contribution in [-0.4, -0.2) is 31.2 Å². The van der Waals surface area contributed by atoms with Crippen LogP contribution in [0.15, 0.2) is 22.6 Å². The van der Waals surface area contributed by atoms with Gasteiger partial charge in [0.2, 0.25) is 0 Å². The first-order valence-corrected chi connectivity index (χ1v) is 6.77. The minimum Gasteiger partial charge on any atom is -0.440 e. The van der Waals surface area contributed by atoms with Crippen molar-refractivity contribution < 1.29 is 4.42 Å². The van der Waals surface area contributed by atoms with Gasteiger partial charge in [0.05, 0.1) is 5.69 Å².